The number of ether oxygens (including phenoxy) is 2. The third-order valence-corrected chi connectivity index (χ3v) is 8.18. The van der Waals surface area contributed by atoms with Crippen LogP contribution in [0.4, 0.5) is 5.00 Å². The van der Waals surface area contributed by atoms with Gasteiger partial charge in [0.1, 0.15) is 10.8 Å². The maximum atomic E-state index is 13.1. The molecule has 2 N–H and O–H groups in total. The number of hydrogen-bond donors (Lipinski definition) is 2. The second-order valence-electron chi connectivity index (χ2n) is 10.6. The number of anilines is 1. The number of carbonyl (C=O) groups is 3. The monoisotopic (exact) mass is 575 g/mol. The summed E-state index contributed by atoms with van der Waals surface area (Å²) in [7, 11) is 0. The Morgan fingerprint density at radius 3 is 2.44 bits per heavy atom. The van der Waals surface area contributed by atoms with E-state index >= 15 is 0 Å². The quantitative estimate of drug-likeness (QED) is 0.167. The van der Waals surface area contributed by atoms with Crippen LogP contribution in [0.15, 0.2) is 53.6 Å². The van der Waals surface area contributed by atoms with Crippen molar-refractivity contribution in [1.29, 1.82) is 0 Å². The van der Waals surface area contributed by atoms with Crippen molar-refractivity contribution in [1.82, 2.24) is 5.43 Å². The third kappa shape index (κ3) is 7.61. The Morgan fingerprint density at radius 1 is 1.07 bits per heavy atom. The number of rotatable bonds is 10. The molecule has 1 aliphatic carbocycles. The molecule has 2 atom stereocenters. The molecule has 41 heavy (non-hydrogen) atoms. The van der Waals surface area contributed by atoms with E-state index in [1.165, 1.54) is 16.9 Å². The Morgan fingerprint density at radius 2 is 1.78 bits per heavy atom. The average Bonchev–Trinajstić information content (AvgIpc) is 3.30. The molecule has 3 aromatic rings. The molecule has 0 unspecified atom stereocenters. The van der Waals surface area contributed by atoms with Crippen LogP contribution in [0.25, 0.3) is 0 Å². The molecule has 1 heterocycles. The summed E-state index contributed by atoms with van der Waals surface area (Å²) in [5.74, 6) is 0.274. The number of hydrazone groups is 1. The van der Waals surface area contributed by atoms with Gasteiger partial charge in [0, 0.05) is 10.4 Å². The summed E-state index contributed by atoms with van der Waals surface area (Å²) >= 11 is 1.45. The second kappa shape index (κ2) is 13.6. The fourth-order valence-electron chi connectivity index (χ4n) is 4.60. The fourth-order valence-corrected chi connectivity index (χ4v) is 6.00. The van der Waals surface area contributed by atoms with Crippen LogP contribution in [-0.4, -0.2) is 36.7 Å². The predicted molar refractivity (Wildman–Crippen MR) is 162 cm³/mol. The lowest BCUT2D eigenvalue weighted by Crippen LogP contribution is -2.33. The van der Waals surface area contributed by atoms with Crippen molar-refractivity contribution in [2.75, 3.05) is 11.9 Å². The molecule has 0 fully saturated rings. The SMILES string of the molecule is CCOC(=O)c1c(NC(=O)c2ccc(O[C@H](C)C(=O)N/N=C\c3ccc(C(C)C)cc3)cc2)sc2c1CC[C@H](C)C2. The van der Waals surface area contributed by atoms with Gasteiger partial charge in [-0.1, -0.05) is 45.0 Å². The lowest BCUT2D eigenvalue weighted by Gasteiger charge is -2.18. The van der Waals surface area contributed by atoms with E-state index in [2.05, 4.69) is 36.6 Å². The average molecular weight is 576 g/mol. The number of benzene rings is 2. The highest BCUT2D eigenvalue weighted by atomic mass is 32.1. The van der Waals surface area contributed by atoms with Crippen LogP contribution in [0.3, 0.4) is 0 Å². The number of fused-ring (bicyclic) bond motifs is 1. The summed E-state index contributed by atoms with van der Waals surface area (Å²) in [4.78, 5) is 39.4. The van der Waals surface area contributed by atoms with Gasteiger partial charge in [0.2, 0.25) is 0 Å². The first kappa shape index (κ1) is 30.0. The molecule has 9 heteroatoms. The van der Waals surface area contributed by atoms with Gasteiger partial charge >= 0.3 is 5.97 Å². The molecule has 2 amide bonds. The number of thiophene rings is 1. The summed E-state index contributed by atoms with van der Waals surface area (Å²) in [5, 5.41) is 7.47. The minimum atomic E-state index is -0.804. The normalized spacial score (nSPS) is 15.3. The number of amides is 2. The largest absolute Gasteiger partial charge is 0.481 e. The molecule has 0 bridgehead atoms. The van der Waals surface area contributed by atoms with E-state index in [9.17, 15) is 14.4 Å². The lowest BCUT2D eigenvalue weighted by molar-refractivity contribution is -0.127. The van der Waals surface area contributed by atoms with Crippen LogP contribution in [-0.2, 0) is 22.4 Å². The molecule has 0 spiro atoms. The van der Waals surface area contributed by atoms with Gasteiger partial charge in [0.15, 0.2) is 6.10 Å². The highest BCUT2D eigenvalue weighted by molar-refractivity contribution is 7.17. The summed E-state index contributed by atoms with van der Waals surface area (Å²) in [6.45, 7) is 10.1. The van der Waals surface area contributed by atoms with Gasteiger partial charge in [0.05, 0.1) is 18.4 Å². The van der Waals surface area contributed by atoms with Crippen molar-refractivity contribution in [2.24, 2.45) is 11.0 Å². The fraction of sp³-hybridized carbons (Fsp3) is 0.375. The maximum Gasteiger partial charge on any atom is 0.341 e. The van der Waals surface area contributed by atoms with Gasteiger partial charge in [0.25, 0.3) is 11.8 Å². The summed E-state index contributed by atoms with van der Waals surface area (Å²) in [6.07, 6.45) is 3.46. The van der Waals surface area contributed by atoms with Crippen LogP contribution < -0.4 is 15.5 Å². The second-order valence-corrected chi connectivity index (χ2v) is 11.7. The lowest BCUT2D eigenvalue weighted by atomic mass is 9.88. The van der Waals surface area contributed by atoms with Gasteiger partial charge in [-0.2, -0.15) is 5.10 Å². The van der Waals surface area contributed by atoms with Crippen LogP contribution in [0.2, 0.25) is 0 Å². The number of nitrogens with zero attached hydrogens (tertiary/aromatic N) is 1. The molecule has 8 nitrogen and oxygen atoms in total. The molecular formula is C32H37N3O5S. The van der Waals surface area contributed by atoms with Crippen molar-refractivity contribution >= 4 is 40.3 Å². The van der Waals surface area contributed by atoms with E-state index in [0.717, 1.165) is 35.3 Å². The Kier molecular flexibility index (Phi) is 9.94. The van der Waals surface area contributed by atoms with E-state index < -0.39 is 18.0 Å². The topological polar surface area (TPSA) is 106 Å². The van der Waals surface area contributed by atoms with E-state index in [-0.39, 0.29) is 12.5 Å². The standard InChI is InChI=1S/C32H37N3O5S/c1-6-39-32(38)28-26-16-7-20(4)17-27(26)41-31(28)34-30(37)24-12-14-25(15-13-24)40-21(5)29(36)35-33-18-22-8-10-23(11-9-22)19(2)3/h8-15,18-21H,6-7,16-17H2,1-5H3,(H,34,37)(H,35,36)/b33-18-/t20-,21+/m0/s1. The van der Waals surface area contributed by atoms with Crippen LogP contribution in [0.1, 0.15) is 89.2 Å². The first-order chi connectivity index (χ1) is 19.7. The third-order valence-electron chi connectivity index (χ3n) is 7.01. The van der Waals surface area contributed by atoms with Gasteiger partial charge in [-0.25, -0.2) is 10.2 Å². The van der Waals surface area contributed by atoms with Crippen LogP contribution in [0.5, 0.6) is 5.75 Å². The molecular weight excluding hydrogens is 538 g/mol. The Hall–Kier alpha value is -3.98. The first-order valence-electron chi connectivity index (χ1n) is 14.0. The number of esters is 1. The minimum Gasteiger partial charge on any atom is -0.481 e. The van der Waals surface area contributed by atoms with E-state index in [1.54, 1.807) is 44.3 Å². The molecule has 4 rings (SSSR count). The number of carbonyl (C=O) groups excluding carboxylic acids is 3. The highest BCUT2D eigenvalue weighted by Crippen LogP contribution is 2.40. The van der Waals surface area contributed by atoms with Gasteiger partial charge in [-0.3, -0.25) is 9.59 Å². The molecule has 2 aromatic carbocycles. The predicted octanol–water partition coefficient (Wildman–Crippen LogP) is 6.34. The van der Waals surface area contributed by atoms with Crippen molar-refractivity contribution in [2.45, 2.75) is 65.9 Å². The Balaban J connectivity index is 1.35. The smallest absolute Gasteiger partial charge is 0.341 e. The zero-order valence-corrected chi connectivity index (χ0v) is 25.0. The molecule has 0 saturated heterocycles. The van der Waals surface area contributed by atoms with Crippen molar-refractivity contribution in [3.05, 3.63) is 81.2 Å². The van der Waals surface area contributed by atoms with Crippen LogP contribution in [0, 0.1) is 5.92 Å². The van der Waals surface area contributed by atoms with Crippen LogP contribution >= 0.6 is 11.3 Å². The van der Waals surface area contributed by atoms with E-state index in [0.29, 0.717) is 33.7 Å². The zero-order valence-electron chi connectivity index (χ0n) is 24.2. The summed E-state index contributed by atoms with van der Waals surface area (Å²) in [6, 6.07) is 14.5. The molecule has 1 aromatic heterocycles. The van der Waals surface area contributed by atoms with Gasteiger partial charge < -0.3 is 14.8 Å². The first-order valence-corrected chi connectivity index (χ1v) is 14.8. The zero-order chi connectivity index (χ0) is 29.5. The molecule has 216 valence electrons. The summed E-state index contributed by atoms with van der Waals surface area (Å²) in [5.41, 5.74) is 6.48. The van der Waals surface area contributed by atoms with Gasteiger partial charge in [-0.15, -0.1) is 11.3 Å². The minimum absolute atomic E-state index is 0.268. The van der Waals surface area contributed by atoms with Crippen molar-refractivity contribution in [3.8, 4) is 5.75 Å². The molecule has 0 saturated carbocycles. The van der Waals surface area contributed by atoms with E-state index in [1.807, 2.05) is 24.3 Å². The highest BCUT2D eigenvalue weighted by Gasteiger charge is 2.29. The molecule has 0 radical (unpaired) electrons. The van der Waals surface area contributed by atoms with Crippen molar-refractivity contribution < 1.29 is 23.9 Å². The molecule has 0 aliphatic heterocycles. The Labute approximate surface area is 245 Å². The van der Waals surface area contributed by atoms with E-state index in [4.69, 9.17) is 9.47 Å². The van der Waals surface area contributed by atoms with Gasteiger partial charge in [-0.05, 0) is 85.9 Å². The summed E-state index contributed by atoms with van der Waals surface area (Å²) < 4.78 is 11.0. The number of hydrogen-bond acceptors (Lipinski definition) is 7. The maximum absolute atomic E-state index is 13.1. The Bertz CT molecular complexity index is 1410. The number of nitrogens with one attached hydrogen (secondary N) is 2. The molecule has 1 aliphatic rings. The van der Waals surface area contributed by atoms with Crippen molar-refractivity contribution in [3.63, 3.8) is 0 Å².